The third-order valence-corrected chi connectivity index (χ3v) is 4.33. The first-order chi connectivity index (χ1) is 12.0. The number of hydrogen-bond acceptors (Lipinski definition) is 6. The number of nitrogens with zero attached hydrogens (tertiary/aromatic N) is 4. The van der Waals surface area contributed by atoms with Crippen LogP contribution in [-0.2, 0) is 4.74 Å². The largest absolute Gasteiger partial charge is 0.464 e. The number of esters is 1. The predicted octanol–water partition coefficient (Wildman–Crippen LogP) is 1.53. The Morgan fingerprint density at radius 2 is 2.08 bits per heavy atom. The fourth-order valence-electron chi connectivity index (χ4n) is 2.87. The van der Waals surface area contributed by atoms with Gasteiger partial charge in [-0.1, -0.05) is 20.8 Å². The van der Waals surface area contributed by atoms with Crippen LogP contribution in [0.5, 0.6) is 0 Å². The standard InChI is InChI=1S/C17H27N5O3/c1-5-6-18-17(24)22-8-7-21(11-14(22)12(2)3)15-10-19-13(9-20-15)16(23)25-4/h9-10,12,14H,5-8,11H2,1-4H3,(H,18,24). The Kier molecular flexibility index (Phi) is 6.55. The van der Waals surface area contributed by atoms with Gasteiger partial charge in [0.25, 0.3) is 0 Å². The van der Waals surface area contributed by atoms with Crippen LogP contribution in [0.25, 0.3) is 0 Å². The van der Waals surface area contributed by atoms with Crippen molar-refractivity contribution in [2.24, 2.45) is 5.92 Å². The second-order valence-electron chi connectivity index (χ2n) is 6.43. The van der Waals surface area contributed by atoms with Crippen molar-refractivity contribution < 1.29 is 14.3 Å². The third kappa shape index (κ3) is 4.58. The molecule has 2 amide bonds. The molecular weight excluding hydrogens is 322 g/mol. The minimum atomic E-state index is -0.503. The highest BCUT2D eigenvalue weighted by atomic mass is 16.5. The van der Waals surface area contributed by atoms with E-state index >= 15 is 0 Å². The Bertz CT molecular complexity index is 590. The molecule has 25 heavy (non-hydrogen) atoms. The van der Waals surface area contributed by atoms with E-state index in [1.807, 2.05) is 11.8 Å². The number of rotatable bonds is 5. The van der Waals surface area contributed by atoms with Gasteiger partial charge in [-0.3, -0.25) is 0 Å². The van der Waals surface area contributed by atoms with Crippen molar-refractivity contribution in [1.29, 1.82) is 0 Å². The van der Waals surface area contributed by atoms with Crippen molar-refractivity contribution in [3.8, 4) is 0 Å². The SMILES string of the molecule is CCCNC(=O)N1CCN(c2cnc(C(=O)OC)cn2)CC1C(C)C. The van der Waals surface area contributed by atoms with Crippen molar-refractivity contribution in [3.63, 3.8) is 0 Å². The quantitative estimate of drug-likeness (QED) is 0.811. The topological polar surface area (TPSA) is 87.7 Å². The Hall–Kier alpha value is -2.38. The zero-order valence-electron chi connectivity index (χ0n) is 15.4. The molecule has 2 heterocycles. The van der Waals surface area contributed by atoms with Crippen LogP contribution < -0.4 is 10.2 Å². The van der Waals surface area contributed by atoms with Gasteiger partial charge in [-0.15, -0.1) is 0 Å². The lowest BCUT2D eigenvalue weighted by molar-refractivity contribution is 0.0593. The van der Waals surface area contributed by atoms with Crippen molar-refractivity contribution in [1.82, 2.24) is 20.2 Å². The van der Waals surface area contributed by atoms with E-state index in [1.165, 1.54) is 13.3 Å². The molecule has 0 bridgehead atoms. The van der Waals surface area contributed by atoms with E-state index in [2.05, 4.69) is 38.8 Å². The molecule has 8 nitrogen and oxygen atoms in total. The summed E-state index contributed by atoms with van der Waals surface area (Å²) in [5.41, 5.74) is 0.184. The van der Waals surface area contributed by atoms with Crippen molar-refractivity contribution in [2.75, 3.05) is 38.2 Å². The number of ether oxygens (including phenoxy) is 1. The molecule has 8 heteroatoms. The van der Waals surface area contributed by atoms with Crippen LogP contribution in [0.4, 0.5) is 10.6 Å². The number of methoxy groups -OCH3 is 1. The van der Waals surface area contributed by atoms with Crippen LogP contribution in [0.3, 0.4) is 0 Å². The van der Waals surface area contributed by atoms with E-state index in [1.54, 1.807) is 6.20 Å². The lowest BCUT2D eigenvalue weighted by Crippen LogP contribution is -2.59. The molecule has 0 aliphatic carbocycles. The van der Waals surface area contributed by atoms with E-state index in [4.69, 9.17) is 0 Å². The molecule has 2 rings (SSSR count). The molecule has 0 saturated carbocycles. The van der Waals surface area contributed by atoms with E-state index in [9.17, 15) is 9.59 Å². The minimum Gasteiger partial charge on any atom is -0.464 e. The summed E-state index contributed by atoms with van der Waals surface area (Å²) < 4.78 is 4.64. The van der Waals surface area contributed by atoms with Crippen LogP contribution in [0.2, 0.25) is 0 Å². The molecule has 1 aliphatic rings. The van der Waals surface area contributed by atoms with E-state index < -0.39 is 5.97 Å². The van der Waals surface area contributed by atoms with Gasteiger partial charge >= 0.3 is 12.0 Å². The summed E-state index contributed by atoms with van der Waals surface area (Å²) in [6.45, 7) is 8.93. The molecule has 1 unspecified atom stereocenters. The molecule has 1 aromatic heterocycles. The van der Waals surface area contributed by atoms with Gasteiger partial charge in [-0.25, -0.2) is 19.6 Å². The lowest BCUT2D eigenvalue weighted by atomic mass is 10.00. The average Bonchev–Trinajstić information content (AvgIpc) is 2.65. The zero-order valence-corrected chi connectivity index (χ0v) is 15.4. The van der Waals surface area contributed by atoms with Gasteiger partial charge < -0.3 is 19.9 Å². The van der Waals surface area contributed by atoms with Gasteiger partial charge in [0.1, 0.15) is 5.82 Å². The normalized spacial score (nSPS) is 17.6. The molecular formula is C17H27N5O3. The molecule has 1 fully saturated rings. The van der Waals surface area contributed by atoms with Gasteiger partial charge in [0.05, 0.1) is 25.5 Å². The molecule has 1 aromatic rings. The van der Waals surface area contributed by atoms with Gasteiger partial charge in [0.15, 0.2) is 5.69 Å². The summed E-state index contributed by atoms with van der Waals surface area (Å²) >= 11 is 0. The number of hydrogen-bond donors (Lipinski definition) is 1. The summed E-state index contributed by atoms with van der Waals surface area (Å²) in [6, 6.07) is 0.0833. The fraction of sp³-hybridized carbons (Fsp3) is 0.647. The van der Waals surface area contributed by atoms with Gasteiger partial charge in [-0.05, 0) is 12.3 Å². The number of urea groups is 1. The summed E-state index contributed by atoms with van der Waals surface area (Å²) in [4.78, 5) is 36.3. The van der Waals surface area contributed by atoms with Gasteiger partial charge in [0.2, 0.25) is 0 Å². The van der Waals surface area contributed by atoms with Gasteiger partial charge in [0, 0.05) is 26.2 Å². The molecule has 0 radical (unpaired) electrons. The highest BCUT2D eigenvalue weighted by molar-refractivity contribution is 5.86. The van der Waals surface area contributed by atoms with Gasteiger partial charge in [-0.2, -0.15) is 0 Å². The Labute approximate surface area is 148 Å². The van der Waals surface area contributed by atoms with Crippen LogP contribution in [0.15, 0.2) is 12.4 Å². The first-order valence-electron chi connectivity index (χ1n) is 8.67. The summed E-state index contributed by atoms with van der Waals surface area (Å²) in [5.74, 6) is 0.515. The maximum Gasteiger partial charge on any atom is 0.358 e. The maximum absolute atomic E-state index is 12.4. The molecule has 1 atom stereocenters. The van der Waals surface area contributed by atoms with E-state index in [0.717, 1.165) is 6.42 Å². The summed E-state index contributed by atoms with van der Waals surface area (Å²) in [5, 5.41) is 2.96. The number of piperazine rings is 1. The Morgan fingerprint density at radius 3 is 2.64 bits per heavy atom. The number of carbonyl (C=O) groups excluding carboxylic acids is 2. The van der Waals surface area contributed by atoms with Crippen LogP contribution in [0, 0.1) is 5.92 Å². The predicted molar refractivity (Wildman–Crippen MR) is 94.6 cm³/mol. The van der Waals surface area contributed by atoms with Crippen LogP contribution in [-0.4, -0.2) is 66.2 Å². The van der Waals surface area contributed by atoms with Crippen molar-refractivity contribution in [3.05, 3.63) is 18.1 Å². The zero-order chi connectivity index (χ0) is 18.4. The fourth-order valence-corrected chi connectivity index (χ4v) is 2.87. The second-order valence-corrected chi connectivity index (χ2v) is 6.43. The molecule has 0 aromatic carbocycles. The lowest BCUT2D eigenvalue weighted by Gasteiger charge is -2.43. The smallest absolute Gasteiger partial charge is 0.358 e. The van der Waals surface area contributed by atoms with Crippen LogP contribution >= 0.6 is 0 Å². The van der Waals surface area contributed by atoms with E-state index in [-0.39, 0.29) is 17.8 Å². The second kappa shape index (κ2) is 8.64. The number of carbonyl (C=O) groups is 2. The maximum atomic E-state index is 12.4. The summed E-state index contributed by atoms with van der Waals surface area (Å²) in [6.07, 6.45) is 3.92. The number of amides is 2. The number of aromatic nitrogens is 2. The molecule has 1 aliphatic heterocycles. The van der Waals surface area contributed by atoms with Crippen LogP contribution in [0.1, 0.15) is 37.7 Å². The Balaban J connectivity index is 2.08. The first kappa shape index (κ1) is 19.0. The minimum absolute atomic E-state index is 0.00711. The highest BCUT2D eigenvalue weighted by Crippen LogP contribution is 2.21. The number of anilines is 1. The monoisotopic (exact) mass is 349 g/mol. The molecule has 1 saturated heterocycles. The van der Waals surface area contributed by atoms with Crippen molar-refractivity contribution >= 4 is 17.8 Å². The van der Waals surface area contributed by atoms with E-state index in [0.29, 0.717) is 37.9 Å². The summed E-state index contributed by atoms with van der Waals surface area (Å²) in [7, 11) is 1.31. The molecule has 1 N–H and O–H groups in total. The third-order valence-electron chi connectivity index (χ3n) is 4.33. The molecule has 0 spiro atoms. The average molecular weight is 349 g/mol. The van der Waals surface area contributed by atoms with Crippen molar-refractivity contribution in [2.45, 2.75) is 33.2 Å². The number of nitrogens with one attached hydrogen (secondary N) is 1. The first-order valence-corrected chi connectivity index (χ1v) is 8.67. The molecule has 138 valence electrons. The Morgan fingerprint density at radius 1 is 1.32 bits per heavy atom. The highest BCUT2D eigenvalue weighted by Gasteiger charge is 2.33.